The van der Waals surface area contributed by atoms with Crippen LogP contribution in [0.15, 0.2) is 0 Å². The first kappa shape index (κ1) is 11.0. The van der Waals surface area contributed by atoms with Crippen molar-refractivity contribution in [1.29, 1.82) is 0 Å². The third-order valence-corrected chi connectivity index (χ3v) is 2.99. The summed E-state index contributed by atoms with van der Waals surface area (Å²) in [5, 5.41) is 22.5. The van der Waals surface area contributed by atoms with Crippen molar-refractivity contribution < 1.29 is 10.2 Å². The van der Waals surface area contributed by atoms with Gasteiger partial charge in [0.2, 0.25) is 0 Å². The number of hydrogen-bond donors (Lipinski definition) is 3. The molecule has 3 atom stereocenters. The topological polar surface area (TPSA) is 52.5 Å². The molecule has 13 heavy (non-hydrogen) atoms. The molecule has 0 spiro atoms. The minimum absolute atomic E-state index is 0.193. The Bertz CT molecular complexity index is 159. The van der Waals surface area contributed by atoms with Crippen molar-refractivity contribution in [2.24, 2.45) is 0 Å². The van der Waals surface area contributed by atoms with Crippen LogP contribution in [0.3, 0.4) is 0 Å². The first-order chi connectivity index (χ1) is 6.05. The molecule has 0 saturated heterocycles. The molecule has 0 aromatic carbocycles. The Kier molecular flexibility index (Phi) is 3.71. The van der Waals surface area contributed by atoms with Crippen LogP contribution < -0.4 is 5.32 Å². The van der Waals surface area contributed by atoms with Crippen LogP contribution in [-0.2, 0) is 0 Å². The molecule has 0 amide bonds. The second-order valence-corrected chi connectivity index (χ2v) is 4.34. The van der Waals surface area contributed by atoms with Crippen LogP contribution in [0.2, 0.25) is 0 Å². The summed E-state index contributed by atoms with van der Waals surface area (Å²) >= 11 is 0. The van der Waals surface area contributed by atoms with E-state index in [0.29, 0.717) is 6.54 Å². The summed E-state index contributed by atoms with van der Waals surface area (Å²) in [7, 11) is 0. The van der Waals surface area contributed by atoms with Crippen molar-refractivity contribution in [3.05, 3.63) is 0 Å². The fourth-order valence-corrected chi connectivity index (χ4v) is 1.65. The van der Waals surface area contributed by atoms with Crippen LogP contribution in [0.5, 0.6) is 0 Å². The van der Waals surface area contributed by atoms with Crippen LogP contribution in [0.4, 0.5) is 0 Å². The molecule has 78 valence electrons. The second kappa shape index (κ2) is 4.40. The molecule has 1 unspecified atom stereocenters. The van der Waals surface area contributed by atoms with E-state index in [0.717, 1.165) is 25.7 Å². The van der Waals surface area contributed by atoms with Gasteiger partial charge >= 0.3 is 0 Å². The summed E-state index contributed by atoms with van der Waals surface area (Å²) in [4.78, 5) is 0. The highest BCUT2D eigenvalue weighted by Gasteiger charge is 2.27. The largest absolute Gasteiger partial charge is 0.392 e. The summed E-state index contributed by atoms with van der Waals surface area (Å²) < 4.78 is 0. The van der Waals surface area contributed by atoms with Crippen molar-refractivity contribution in [1.82, 2.24) is 5.32 Å². The molecular formula is C10H21NO2. The minimum atomic E-state index is -0.637. The van der Waals surface area contributed by atoms with Gasteiger partial charge in [-0.05, 0) is 32.6 Å². The molecule has 1 saturated carbocycles. The molecule has 0 aromatic heterocycles. The molecule has 0 bridgehead atoms. The SMILES string of the molecule is CCC(C)(O)CN[C@H]1CCC[C@@H]1O. The third kappa shape index (κ3) is 3.25. The van der Waals surface area contributed by atoms with Gasteiger partial charge in [-0.3, -0.25) is 0 Å². The summed E-state index contributed by atoms with van der Waals surface area (Å²) in [6.07, 6.45) is 3.54. The maximum atomic E-state index is 9.73. The highest BCUT2D eigenvalue weighted by molar-refractivity contribution is 4.85. The normalized spacial score (nSPS) is 33.2. The molecule has 3 N–H and O–H groups in total. The van der Waals surface area contributed by atoms with Gasteiger partial charge in [-0.25, -0.2) is 0 Å². The summed E-state index contributed by atoms with van der Waals surface area (Å²) in [6.45, 7) is 4.36. The summed E-state index contributed by atoms with van der Waals surface area (Å²) in [5.41, 5.74) is -0.637. The number of hydrogen-bond acceptors (Lipinski definition) is 3. The molecular weight excluding hydrogens is 166 g/mol. The van der Waals surface area contributed by atoms with Gasteiger partial charge < -0.3 is 15.5 Å². The maximum Gasteiger partial charge on any atom is 0.0741 e. The Morgan fingerprint density at radius 2 is 2.15 bits per heavy atom. The van der Waals surface area contributed by atoms with Crippen molar-refractivity contribution in [2.45, 2.75) is 57.3 Å². The Balaban J connectivity index is 2.25. The lowest BCUT2D eigenvalue weighted by molar-refractivity contribution is 0.0459. The van der Waals surface area contributed by atoms with Crippen LogP contribution >= 0.6 is 0 Å². The molecule has 0 radical (unpaired) electrons. The molecule has 3 heteroatoms. The quantitative estimate of drug-likeness (QED) is 0.605. The van der Waals surface area contributed by atoms with Gasteiger partial charge in [-0.1, -0.05) is 6.92 Å². The standard InChI is InChI=1S/C10H21NO2/c1-3-10(2,13)7-11-8-5-4-6-9(8)12/h8-9,11-13H,3-7H2,1-2H3/t8-,9-,10?/m0/s1. The molecule has 1 rings (SSSR count). The van der Waals surface area contributed by atoms with Crippen molar-refractivity contribution in [3.8, 4) is 0 Å². The van der Waals surface area contributed by atoms with E-state index in [2.05, 4.69) is 5.32 Å². The lowest BCUT2D eigenvalue weighted by atomic mass is 10.0. The third-order valence-electron chi connectivity index (χ3n) is 2.99. The van der Waals surface area contributed by atoms with Gasteiger partial charge in [0.25, 0.3) is 0 Å². The number of nitrogens with one attached hydrogen (secondary N) is 1. The van der Waals surface area contributed by atoms with Crippen LogP contribution in [-0.4, -0.2) is 34.5 Å². The van der Waals surface area contributed by atoms with Crippen LogP contribution in [0.1, 0.15) is 39.5 Å². The van der Waals surface area contributed by atoms with E-state index in [1.54, 1.807) is 0 Å². The highest BCUT2D eigenvalue weighted by atomic mass is 16.3. The zero-order chi connectivity index (χ0) is 9.90. The van der Waals surface area contributed by atoms with Crippen LogP contribution in [0.25, 0.3) is 0 Å². The second-order valence-electron chi connectivity index (χ2n) is 4.34. The van der Waals surface area contributed by atoms with Gasteiger partial charge in [-0.2, -0.15) is 0 Å². The molecule has 0 aliphatic heterocycles. The predicted octanol–water partition coefficient (Wildman–Crippen LogP) is 0.650. The zero-order valence-corrected chi connectivity index (χ0v) is 8.58. The Morgan fingerprint density at radius 3 is 2.62 bits per heavy atom. The lowest BCUT2D eigenvalue weighted by Crippen LogP contribution is -2.44. The van der Waals surface area contributed by atoms with E-state index in [1.165, 1.54) is 0 Å². The van der Waals surface area contributed by atoms with E-state index >= 15 is 0 Å². The Labute approximate surface area is 80.2 Å². The zero-order valence-electron chi connectivity index (χ0n) is 8.58. The molecule has 3 nitrogen and oxygen atoms in total. The van der Waals surface area contributed by atoms with Gasteiger partial charge in [0.1, 0.15) is 0 Å². The average molecular weight is 187 g/mol. The fraction of sp³-hybridized carbons (Fsp3) is 1.00. The van der Waals surface area contributed by atoms with Gasteiger partial charge in [0.15, 0.2) is 0 Å². The Hall–Kier alpha value is -0.120. The van der Waals surface area contributed by atoms with Gasteiger partial charge in [-0.15, -0.1) is 0 Å². The lowest BCUT2D eigenvalue weighted by Gasteiger charge is -2.25. The first-order valence-electron chi connectivity index (χ1n) is 5.19. The van der Waals surface area contributed by atoms with Crippen molar-refractivity contribution in [3.63, 3.8) is 0 Å². The van der Waals surface area contributed by atoms with E-state index < -0.39 is 5.60 Å². The summed E-state index contributed by atoms with van der Waals surface area (Å²) in [6, 6.07) is 0.193. The van der Waals surface area contributed by atoms with E-state index in [-0.39, 0.29) is 12.1 Å². The highest BCUT2D eigenvalue weighted by Crippen LogP contribution is 2.19. The average Bonchev–Trinajstić information content (AvgIpc) is 2.48. The number of rotatable bonds is 4. The molecule has 1 fully saturated rings. The Morgan fingerprint density at radius 1 is 1.46 bits per heavy atom. The van der Waals surface area contributed by atoms with Crippen molar-refractivity contribution in [2.75, 3.05) is 6.54 Å². The fourth-order valence-electron chi connectivity index (χ4n) is 1.65. The number of aliphatic hydroxyl groups is 2. The van der Waals surface area contributed by atoms with Gasteiger partial charge in [0, 0.05) is 12.6 Å². The molecule has 1 aliphatic rings. The van der Waals surface area contributed by atoms with E-state index in [9.17, 15) is 10.2 Å². The smallest absolute Gasteiger partial charge is 0.0741 e. The molecule has 1 aliphatic carbocycles. The van der Waals surface area contributed by atoms with E-state index in [4.69, 9.17) is 0 Å². The number of aliphatic hydroxyl groups excluding tert-OH is 1. The maximum absolute atomic E-state index is 9.73. The summed E-state index contributed by atoms with van der Waals surface area (Å²) in [5.74, 6) is 0. The first-order valence-corrected chi connectivity index (χ1v) is 5.19. The van der Waals surface area contributed by atoms with Crippen molar-refractivity contribution >= 4 is 0 Å². The minimum Gasteiger partial charge on any atom is -0.392 e. The van der Waals surface area contributed by atoms with E-state index in [1.807, 2.05) is 13.8 Å². The monoisotopic (exact) mass is 187 g/mol. The predicted molar refractivity (Wildman–Crippen MR) is 52.6 cm³/mol. The van der Waals surface area contributed by atoms with Crippen LogP contribution in [0, 0.1) is 0 Å². The molecule has 0 aromatic rings. The van der Waals surface area contributed by atoms with Gasteiger partial charge in [0.05, 0.1) is 11.7 Å². The molecule has 0 heterocycles.